The summed E-state index contributed by atoms with van der Waals surface area (Å²) >= 11 is 0. The molecule has 0 aliphatic carbocycles. The third kappa shape index (κ3) is 18.8. The number of amides is 8. The number of fused-ring (bicyclic) bond motifs is 4. The Labute approximate surface area is 514 Å². The highest BCUT2D eigenvalue weighted by Gasteiger charge is 2.46. The van der Waals surface area contributed by atoms with E-state index in [0.717, 1.165) is 10.5 Å². The van der Waals surface area contributed by atoms with Gasteiger partial charge in [-0.1, -0.05) is 52.0 Å². The van der Waals surface area contributed by atoms with Gasteiger partial charge in [0, 0.05) is 57.7 Å². The van der Waals surface area contributed by atoms with Crippen LogP contribution in [0, 0.1) is 11.8 Å². The molecule has 4 heterocycles. The molecule has 27 heteroatoms. The van der Waals surface area contributed by atoms with Gasteiger partial charge in [-0.25, -0.2) is 0 Å². The Kier molecular flexibility index (Phi) is 27.2. The summed E-state index contributed by atoms with van der Waals surface area (Å²) in [5.74, 6) is -3.84. The number of nitrogens with one attached hydrogen (secondary N) is 4. The first kappa shape index (κ1) is 69.7. The number of anilines is 2. The second kappa shape index (κ2) is 34.4. The molecule has 2 aromatic rings. The minimum absolute atomic E-state index is 0.00689. The fraction of sp³-hybridized carbons (Fsp3) is 0.607. The van der Waals surface area contributed by atoms with Gasteiger partial charge in [-0.05, 0) is 56.1 Å². The SMILES string of the molecule is C=C1C[C@H]2CN(C(=O)CNC(=O)C(NC(=O)CCOCCOCCN)C(C)C)c3cc(OCCCCCOc4cc5c(cc4OC)C(=O)N4CC(=C)C[C@H]4[C@H](O)N5C(=O)CNC(=O)[C@@H](NC(=O)CCOCCOCCN)C(C)C)c(OC)cc3C(=O)N2C1. The lowest BCUT2D eigenvalue weighted by Gasteiger charge is -2.32. The Morgan fingerprint density at radius 2 is 1.05 bits per heavy atom. The van der Waals surface area contributed by atoms with E-state index in [1.165, 1.54) is 36.2 Å². The fourth-order valence-electron chi connectivity index (χ4n) is 10.6. The topological polar surface area (TPSA) is 344 Å². The van der Waals surface area contributed by atoms with Crippen LogP contribution in [-0.2, 0) is 47.7 Å². The van der Waals surface area contributed by atoms with Crippen molar-refractivity contribution < 1.29 is 81.4 Å². The predicted octanol–water partition coefficient (Wildman–Crippen LogP) is 1.16. The zero-order chi connectivity index (χ0) is 64.0. The highest BCUT2D eigenvalue weighted by Crippen LogP contribution is 2.43. The molecular weight excluding hydrogens is 1140 g/mol. The highest BCUT2D eigenvalue weighted by atomic mass is 16.5. The van der Waals surface area contributed by atoms with Crippen LogP contribution in [0.4, 0.5) is 11.4 Å². The monoisotopic (exact) mass is 1230 g/mol. The smallest absolute Gasteiger partial charge is 0.256 e. The van der Waals surface area contributed by atoms with Crippen LogP contribution in [-0.4, -0.2) is 219 Å². The molecule has 5 atom stereocenters. The minimum Gasteiger partial charge on any atom is -0.493 e. The summed E-state index contributed by atoms with van der Waals surface area (Å²) in [7, 11) is 2.86. The van der Waals surface area contributed by atoms with Gasteiger partial charge in [-0.15, -0.1) is 0 Å². The van der Waals surface area contributed by atoms with Crippen molar-refractivity contribution in [1.82, 2.24) is 31.1 Å². The van der Waals surface area contributed by atoms with Crippen LogP contribution in [0.2, 0.25) is 0 Å². The lowest BCUT2D eigenvalue weighted by molar-refractivity contribution is -0.131. The third-order valence-corrected chi connectivity index (χ3v) is 15.2. The molecule has 9 N–H and O–H groups in total. The molecule has 0 radical (unpaired) electrons. The van der Waals surface area contributed by atoms with Crippen molar-refractivity contribution in [3.05, 3.63) is 59.7 Å². The average molecular weight is 1240 g/mol. The number of nitrogens with two attached hydrogens (primary N) is 2. The third-order valence-electron chi connectivity index (χ3n) is 15.2. The first-order valence-electron chi connectivity index (χ1n) is 30.0. The molecule has 2 aromatic carbocycles. The lowest BCUT2D eigenvalue weighted by Crippen LogP contribution is -2.55. The number of benzene rings is 2. The summed E-state index contributed by atoms with van der Waals surface area (Å²) in [6.45, 7) is 18.0. The van der Waals surface area contributed by atoms with Gasteiger partial charge in [0.05, 0.1) is 128 Å². The van der Waals surface area contributed by atoms with E-state index in [4.69, 9.17) is 49.4 Å². The van der Waals surface area contributed by atoms with E-state index < -0.39 is 78.8 Å². The number of aliphatic hydroxyl groups is 1. The van der Waals surface area contributed by atoms with Gasteiger partial charge in [-0.2, -0.15) is 0 Å². The molecule has 27 nitrogen and oxygen atoms in total. The van der Waals surface area contributed by atoms with Crippen LogP contribution in [0.3, 0.4) is 0 Å². The molecule has 0 spiro atoms. The Bertz CT molecular complexity index is 2800. The average Bonchev–Trinajstić information content (AvgIpc) is 1.97. The second-order valence-corrected chi connectivity index (χ2v) is 22.5. The number of carbonyl (C=O) groups is 8. The second-order valence-electron chi connectivity index (χ2n) is 22.5. The van der Waals surface area contributed by atoms with Gasteiger partial charge in [0.25, 0.3) is 11.8 Å². The van der Waals surface area contributed by atoms with Crippen LogP contribution < -0.4 is 61.5 Å². The molecule has 88 heavy (non-hydrogen) atoms. The zero-order valence-electron chi connectivity index (χ0n) is 51.7. The summed E-state index contributed by atoms with van der Waals surface area (Å²) in [6.07, 6.45) is 0.717. The van der Waals surface area contributed by atoms with E-state index >= 15 is 0 Å². The van der Waals surface area contributed by atoms with Gasteiger partial charge in [-0.3, -0.25) is 43.3 Å². The first-order valence-corrected chi connectivity index (χ1v) is 30.0. The molecule has 1 unspecified atom stereocenters. The molecule has 8 amide bonds. The van der Waals surface area contributed by atoms with Crippen LogP contribution in [0.5, 0.6) is 23.0 Å². The van der Waals surface area contributed by atoms with Crippen LogP contribution in [0.1, 0.15) is 93.4 Å². The number of hydrogen-bond donors (Lipinski definition) is 7. The van der Waals surface area contributed by atoms with E-state index in [0.29, 0.717) is 77.3 Å². The number of rotatable bonds is 36. The van der Waals surface area contributed by atoms with E-state index in [-0.39, 0.29) is 141 Å². The van der Waals surface area contributed by atoms with Gasteiger partial charge in [0.15, 0.2) is 29.2 Å². The van der Waals surface area contributed by atoms with Crippen molar-refractivity contribution in [3.63, 3.8) is 0 Å². The highest BCUT2D eigenvalue weighted by molar-refractivity contribution is 6.09. The standard InChI is InChI=1S/C61H90N10O17/c1-37(2)55(66-51(72)12-18-83-22-24-85-20-14-62)57(76)64-32-53(74)69-36-41-26-39(5)34-68(41)59(78)42-28-47(81-7)49(30-44(42)69)87-16-10-9-11-17-88-50-31-45-43(29-48(50)82-8)60(79)70-35-40(6)27-46(70)61(80)71(45)54(75)33-65-58(77)56(38(3)4)67-52(73)13-19-84-23-25-86-21-15-63/h28-31,37-38,41,46,55-56,61,80H,5-6,9-27,32-36,62-63H2,1-4,7-8H3,(H,64,76)(H,65,77)(H,66,72)(H,67,73)/t41-,46-,55?,56-,61-/m0/s1. The molecule has 486 valence electrons. The number of ether oxygens (including phenoxy) is 8. The lowest BCUT2D eigenvalue weighted by atomic mass is 10.0. The van der Waals surface area contributed by atoms with Crippen molar-refractivity contribution in [2.45, 2.75) is 103 Å². The summed E-state index contributed by atoms with van der Waals surface area (Å²) in [5.41, 5.74) is 12.9. The molecule has 2 fully saturated rings. The summed E-state index contributed by atoms with van der Waals surface area (Å²) in [6, 6.07) is 2.86. The van der Waals surface area contributed by atoms with Crippen molar-refractivity contribution in [1.29, 1.82) is 0 Å². The number of hydrogen-bond acceptors (Lipinski definition) is 19. The largest absolute Gasteiger partial charge is 0.493 e. The molecule has 4 aliphatic heterocycles. The molecule has 0 aromatic heterocycles. The summed E-state index contributed by atoms with van der Waals surface area (Å²) < 4.78 is 45.4. The number of unbranched alkanes of at least 4 members (excludes halogenated alkanes) is 2. The van der Waals surface area contributed by atoms with Crippen LogP contribution >= 0.6 is 0 Å². The molecule has 2 saturated heterocycles. The Morgan fingerprint density at radius 1 is 0.591 bits per heavy atom. The van der Waals surface area contributed by atoms with Gasteiger partial charge in [0.1, 0.15) is 12.1 Å². The minimum atomic E-state index is -1.55. The summed E-state index contributed by atoms with van der Waals surface area (Å²) in [5, 5.41) is 22.7. The molecule has 0 saturated carbocycles. The van der Waals surface area contributed by atoms with Crippen LogP contribution in [0.25, 0.3) is 0 Å². The Hall–Kier alpha value is -7.40. The number of carbonyl (C=O) groups excluding carboxylic acids is 8. The van der Waals surface area contributed by atoms with E-state index in [1.807, 2.05) is 0 Å². The summed E-state index contributed by atoms with van der Waals surface area (Å²) in [4.78, 5) is 116. The molecule has 6 rings (SSSR count). The molecule has 0 bridgehead atoms. The van der Waals surface area contributed by atoms with Crippen molar-refractivity contribution >= 4 is 58.6 Å². The predicted molar refractivity (Wildman–Crippen MR) is 324 cm³/mol. The maximum atomic E-state index is 14.3. The fourth-order valence-corrected chi connectivity index (χ4v) is 10.6. The molecular formula is C61H90N10O17. The van der Waals surface area contributed by atoms with Gasteiger partial charge >= 0.3 is 0 Å². The first-order chi connectivity index (χ1) is 42.2. The van der Waals surface area contributed by atoms with E-state index in [1.54, 1.807) is 44.7 Å². The van der Waals surface area contributed by atoms with Gasteiger partial charge < -0.3 is 90.4 Å². The Balaban J connectivity index is 1.08. The van der Waals surface area contributed by atoms with Gasteiger partial charge in [0.2, 0.25) is 35.4 Å². The van der Waals surface area contributed by atoms with E-state index in [2.05, 4.69) is 34.4 Å². The van der Waals surface area contributed by atoms with Crippen molar-refractivity contribution in [2.75, 3.05) is 136 Å². The van der Waals surface area contributed by atoms with Crippen molar-refractivity contribution in [3.8, 4) is 23.0 Å². The number of nitrogens with zero attached hydrogens (tertiary/aromatic N) is 4. The number of aliphatic hydroxyl groups excluding tert-OH is 1. The Morgan fingerprint density at radius 3 is 1.55 bits per heavy atom. The maximum absolute atomic E-state index is 14.3. The van der Waals surface area contributed by atoms with E-state index in [9.17, 15) is 43.5 Å². The zero-order valence-corrected chi connectivity index (χ0v) is 51.7. The van der Waals surface area contributed by atoms with Crippen LogP contribution in [0.15, 0.2) is 48.6 Å². The van der Waals surface area contributed by atoms with Crippen molar-refractivity contribution in [2.24, 2.45) is 23.3 Å². The quantitative estimate of drug-likeness (QED) is 0.0372. The maximum Gasteiger partial charge on any atom is 0.256 e. The normalized spacial score (nSPS) is 17.8. The molecule has 4 aliphatic rings. The number of methoxy groups -OCH3 is 2.